The van der Waals surface area contributed by atoms with Gasteiger partial charge in [-0.05, 0) is 11.6 Å². The molecule has 6 atom stereocenters. The summed E-state index contributed by atoms with van der Waals surface area (Å²) in [7, 11) is -10.9. The molecule has 0 saturated carbocycles. The molecule has 22 heteroatoms. The highest BCUT2D eigenvalue weighted by Gasteiger charge is 2.45. The molecule has 2 aromatic heterocycles. The first-order chi connectivity index (χ1) is 14.6. The highest BCUT2D eigenvalue weighted by atomic mass is 35.5. The number of halogens is 1. The molecule has 0 amide bonds. The quantitative estimate of drug-likeness (QED) is 0.137. The second kappa shape index (κ2) is 9.00. The van der Waals surface area contributed by atoms with Crippen LogP contribution in [0.4, 0.5) is 5.82 Å². The van der Waals surface area contributed by atoms with Crippen molar-refractivity contribution < 1.29 is 56.5 Å². The second-order valence-electron chi connectivity index (χ2n) is 6.21. The average molecular weight is 535 g/mol. The molecule has 3 heterocycles. The van der Waals surface area contributed by atoms with Crippen LogP contribution in [0.2, 0.25) is 5.28 Å². The van der Waals surface area contributed by atoms with E-state index in [1.807, 2.05) is 0 Å². The molecule has 2 aromatic rings. The van der Waals surface area contributed by atoms with Gasteiger partial charge in [-0.15, -0.1) is 0 Å². The van der Waals surface area contributed by atoms with Gasteiger partial charge in [-0.1, -0.05) is 0 Å². The van der Waals surface area contributed by atoms with Gasteiger partial charge in [0.05, 0.1) is 20.4 Å². The molecule has 0 aromatic carbocycles. The summed E-state index contributed by atoms with van der Waals surface area (Å²) in [5.41, 5.74) is 5.88. The van der Waals surface area contributed by atoms with E-state index in [1.165, 1.54) is 10.9 Å². The number of aromatic nitrogens is 4. The van der Waals surface area contributed by atoms with Crippen molar-refractivity contribution in [3.63, 3.8) is 0 Å². The zero-order chi connectivity index (χ0) is 24.1. The van der Waals surface area contributed by atoms with Crippen LogP contribution in [0.1, 0.15) is 6.23 Å². The number of aliphatic hydroxyl groups is 2. The zero-order valence-corrected chi connectivity index (χ0v) is 18.8. The molecule has 0 bridgehead atoms. The number of nitrogen functional groups attached to an aromatic ring is 1. The number of phosphoric acid groups is 2. The summed E-state index contributed by atoms with van der Waals surface area (Å²) in [6, 6.07) is 0. The van der Waals surface area contributed by atoms with Crippen molar-refractivity contribution in [3.8, 4) is 0 Å². The van der Waals surface area contributed by atoms with E-state index in [4.69, 9.17) is 39.4 Å². The first kappa shape index (κ1) is 25.7. The van der Waals surface area contributed by atoms with Gasteiger partial charge in [0.25, 0.3) is 0 Å². The van der Waals surface area contributed by atoms with Crippen LogP contribution in [0.25, 0.3) is 11.2 Å². The molecular formula is C10H14BClN5O12P3-. The number of hydrogen-bond donors (Lipinski definition) is 6. The van der Waals surface area contributed by atoms with Gasteiger partial charge in [0.2, 0.25) is 5.28 Å². The van der Waals surface area contributed by atoms with Gasteiger partial charge in [-0.3, -0.25) is 4.57 Å². The summed E-state index contributed by atoms with van der Waals surface area (Å²) in [5, 5.41) is 20.3. The highest BCUT2D eigenvalue weighted by Crippen LogP contribution is 2.66. The van der Waals surface area contributed by atoms with Crippen LogP contribution in [0.15, 0.2) is 6.33 Å². The molecule has 3 radical (unpaired) electrons. The van der Waals surface area contributed by atoms with Gasteiger partial charge >= 0.3 is 15.6 Å². The van der Waals surface area contributed by atoms with Gasteiger partial charge in [-0.2, -0.15) is 14.3 Å². The number of anilines is 1. The Kier molecular flexibility index (Phi) is 7.22. The number of nitrogens with zero attached hydrogens (tertiary/aromatic N) is 4. The molecular weight excluding hydrogens is 521 g/mol. The minimum atomic E-state index is -5.59. The lowest BCUT2D eigenvalue weighted by Gasteiger charge is -2.29. The first-order valence-electron chi connectivity index (χ1n) is 8.10. The average Bonchev–Trinajstić information content (AvgIpc) is 3.12. The van der Waals surface area contributed by atoms with Crippen LogP contribution in [-0.4, -0.2) is 76.9 Å². The van der Waals surface area contributed by atoms with Gasteiger partial charge in [0.1, 0.15) is 23.8 Å². The van der Waals surface area contributed by atoms with Crippen molar-refractivity contribution in [1.29, 1.82) is 0 Å². The third-order valence-electron chi connectivity index (χ3n) is 3.88. The molecule has 0 spiro atoms. The Morgan fingerprint density at radius 2 is 1.84 bits per heavy atom. The molecule has 3 rings (SSSR count). The van der Waals surface area contributed by atoms with Crippen LogP contribution in [0.5, 0.6) is 0 Å². The third kappa shape index (κ3) is 5.93. The summed E-state index contributed by atoms with van der Waals surface area (Å²) in [4.78, 5) is 37.9. The molecule has 0 aliphatic carbocycles. The summed E-state index contributed by atoms with van der Waals surface area (Å²) in [5.74, 6) is -0.0566. The SMILES string of the molecule is [B-]P(=O)(OCC1OC(n2cnc3c(N)nc(Cl)nc32)C(O)C1O)OP(=O)(O)OP(=O)(O)O. The minimum absolute atomic E-state index is 0.0566. The van der Waals surface area contributed by atoms with Gasteiger partial charge in [0, 0.05) is 0 Å². The second-order valence-corrected chi connectivity index (χ2v) is 11.1. The number of hydrogen-bond acceptors (Lipinski definition) is 13. The summed E-state index contributed by atoms with van der Waals surface area (Å²) in [6.45, 7) is -0.858. The Balaban J connectivity index is 1.72. The van der Waals surface area contributed by atoms with Crippen molar-refractivity contribution >= 4 is 59.3 Å². The predicted molar refractivity (Wildman–Crippen MR) is 104 cm³/mol. The molecule has 6 unspecified atom stereocenters. The summed E-state index contributed by atoms with van der Waals surface area (Å²) in [6.07, 6.45) is -4.80. The zero-order valence-electron chi connectivity index (χ0n) is 15.4. The van der Waals surface area contributed by atoms with Crippen LogP contribution >= 0.6 is 34.7 Å². The normalized spacial score (nSPS) is 28.0. The van der Waals surface area contributed by atoms with E-state index in [0.717, 1.165) is 0 Å². The lowest BCUT2D eigenvalue weighted by Crippen LogP contribution is -2.33. The monoisotopic (exact) mass is 535 g/mol. The van der Waals surface area contributed by atoms with E-state index in [1.54, 1.807) is 0 Å². The number of nitrogens with two attached hydrogens (primary N) is 1. The Hall–Kier alpha value is -0.965. The number of fused-ring (bicyclic) bond motifs is 1. The number of imidazole rings is 1. The van der Waals surface area contributed by atoms with Crippen molar-refractivity contribution in [2.75, 3.05) is 12.3 Å². The Morgan fingerprint density at radius 3 is 2.47 bits per heavy atom. The van der Waals surface area contributed by atoms with E-state index in [2.05, 4.69) is 28.1 Å². The van der Waals surface area contributed by atoms with Gasteiger partial charge in [-0.25, -0.2) is 18.4 Å². The molecule has 1 aliphatic rings. The van der Waals surface area contributed by atoms with Gasteiger partial charge in [0.15, 0.2) is 17.7 Å². The van der Waals surface area contributed by atoms with E-state index in [9.17, 15) is 28.8 Å². The fraction of sp³-hybridized carbons (Fsp3) is 0.500. The topological polar surface area (TPSA) is 259 Å². The molecule has 177 valence electrons. The molecule has 17 nitrogen and oxygen atoms in total. The van der Waals surface area contributed by atoms with Crippen molar-refractivity contribution in [2.45, 2.75) is 24.5 Å². The Bertz CT molecular complexity index is 1160. The van der Waals surface area contributed by atoms with Crippen molar-refractivity contribution in [2.24, 2.45) is 0 Å². The maximum Gasteiger partial charge on any atom is 0.485 e. The molecule has 7 N–H and O–H groups in total. The fourth-order valence-corrected chi connectivity index (χ4v) is 6.02. The van der Waals surface area contributed by atoms with Crippen LogP contribution in [-0.2, 0) is 31.6 Å². The van der Waals surface area contributed by atoms with E-state index >= 15 is 0 Å². The number of rotatable bonds is 8. The smallest absolute Gasteiger partial charge is 0.443 e. The number of aliphatic hydroxyl groups excluding tert-OH is 2. The van der Waals surface area contributed by atoms with Gasteiger partial charge < -0.3 is 52.0 Å². The Morgan fingerprint density at radius 1 is 1.19 bits per heavy atom. The third-order valence-corrected chi connectivity index (χ3v) is 7.97. The predicted octanol–water partition coefficient (Wildman–Crippen LogP) is -0.799. The maximum atomic E-state index is 12.0. The summed E-state index contributed by atoms with van der Waals surface area (Å²) < 4.78 is 52.8. The minimum Gasteiger partial charge on any atom is -0.443 e. The molecule has 1 fully saturated rings. The Labute approximate surface area is 184 Å². The standard InChI is InChI=1S/C10H14BClN5O12P3/c11-30(20,28-32(24,25)29-31(21,22)23)26-1-3-5(18)6(19)9(27-3)17-2-14-4-7(13)15-10(12)16-8(4)17/h2-3,5-6,9,18-19H,1H2,(H,24,25)(H2,13,15,16)(H2,21,22,23)/q-1. The largest absolute Gasteiger partial charge is 0.485 e. The van der Waals surface area contributed by atoms with Crippen LogP contribution in [0, 0.1) is 0 Å². The maximum absolute atomic E-state index is 12.0. The molecule has 1 aliphatic heterocycles. The van der Waals surface area contributed by atoms with Crippen LogP contribution < -0.4 is 5.73 Å². The summed E-state index contributed by atoms with van der Waals surface area (Å²) >= 11 is 5.77. The van der Waals surface area contributed by atoms with E-state index < -0.39 is 54.3 Å². The fourth-order valence-electron chi connectivity index (χ4n) is 2.69. The van der Waals surface area contributed by atoms with E-state index in [-0.39, 0.29) is 22.3 Å². The van der Waals surface area contributed by atoms with Crippen molar-refractivity contribution in [3.05, 3.63) is 11.6 Å². The molecule has 32 heavy (non-hydrogen) atoms. The highest BCUT2D eigenvalue weighted by molar-refractivity contribution is 7.84. The lowest BCUT2D eigenvalue weighted by molar-refractivity contribution is -0.0479. The first-order valence-corrected chi connectivity index (χ1v) is 13.1. The van der Waals surface area contributed by atoms with Crippen molar-refractivity contribution in [1.82, 2.24) is 19.5 Å². The lowest BCUT2D eigenvalue weighted by atomic mass is 10.1. The van der Waals surface area contributed by atoms with E-state index in [0.29, 0.717) is 0 Å². The number of ether oxygens (including phenoxy) is 1. The van der Waals surface area contributed by atoms with Crippen LogP contribution in [0.3, 0.4) is 0 Å². The molecule has 1 saturated heterocycles.